The lowest BCUT2D eigenvalue weighted by Gasteiger charge is -2.05. The number of benzene rings is 1. The van der Waals surface area contributed by atoms with Gasteiger partial charge in [-0.15, -0.1) is 0 Å². The molecule has 0 aliphatic heterocycles. The van der Waals surface area contributed by atoms with Crippen LogP contribution in [0.5, 0.6) is 0 Å². The van der Waals surface area contributed by atoms with Gasteiger partial charge in [-0.1, -0.05) is 51.7 Å². The van der Waals surface area contributed by atoms with Gasteiger partial charge in [0.05, 0.1) is 23.5 Å². The third kappa shape index (κ3) is 6.77. The molecular formula is C19H24N4O3. The van der Waals surface area contributed by atoms with Crippen molar-refractivity contribution in [1.29, 1.82) is 5.26 Å². The van der Waals surface area contributed by atoms with Crippen LogP contribution in [0, 0.1) is 11.3 Å². The Morgan fingerprint density at radius 3 is 2.35 bits per heavy atom. The zero-order valence-corrected chi connectivity index (χ0v) is 15.1. The van der Waals surface area contributed by atoms with Crippen LogP contribution in [0.2, 0.25) is 0 Å². The molecule has 0 atom stereocenters. The van der Waals surface area contributed by atoms with Gasteiger partial charge < -0.3 is 15.0 Å². The number of carboxylic acid groups (broad SMARTS) is 1. The summed E-state index contributed by atoms with van der Waals surface area (Å²) in [6, 6.07) is 7.84. The number of nitrogens with zero attached hydrogens (tertiary/aromatic N) is 3. The third-order valence-corrected chi connectivity index (χ3v) is 3.49. The van der Waals surface area contributed by atoms with Crippen LogP contribution in [0.1, 0.15) is 60.2 Å². The number of carbonyl (C=O) groups is 2. The molecule has 2 aromatic rings. The Kier molecular flexibility index (Phi) is 9.18. The van der Waals surface area contributed by atoms with E-state index in [1.54, 1.807) is 12.1 Å². The predicted octanol–water partition coefficient (Wildman–Crippen LogP) is 3.94. The van der Waals surface area contributed by atoms with Gasteiger partial charge in [0.15, 0.2) is 5.82 Å². The summed E-state index contributed by atoms with van der Waals surface area (Å²) < 4.78 is 1.50. The second-order valence-corrected chi connectivity index (χ2v) is 5.60. The van der Waals surface area contributed by atoms with E-state index in [9.17, 15) is 9.59 Å². The molecule has 7 nitrogen and oxygen atoms in total. The van der Waals surface area contributed by atoms with Gasteiger partial charge in [-0.2, -0.15) is 5.26 Å². The van der Waals surface area contributed by atoms with E-state index in [2.05, 4.69) is 24.1 Å². The summed E-state index contributed by atoms with van der Waals surface area (Å²) in [6.45, 7) is 4.58. The van der Waals surface area contributed by atoms with Crippen molar-refractivity contribution < 1.29 is 14.7 Å². The Labute approximate surface area is 153 Å². The Bertz CT molecular complexity index is 758. The molecule has 0 aliphatic rings. The molecule has 2 rings (SSSR count). The highest BCUT2D eigenvalue weighted by atomic mass is 16.4. The molecule has 0 unspecified atom stereocenters. The topological polar surface area (TPSA) is 108 Å². The monoisotopic (exact) mass is 356 g/mol. The van der Waals surface area contributed by atoms with Gasteiger partial charge in [-0.05, 0) is 12.1 Å². The number of anilines is 1. The Morgan fingerprint density at radius 1 is 1.19 bits per heavy atom. The number of hydrogen-bond donors (Lipinski definition) is 2. The number of unbranched alkanes of at least 4 members (excludes halogenated alkanes) is 3. The number of aromatic nitrogens is 2. The number of nitriles is 1. The molecule has 0 bridgehead atoms. The standard InChI is InChI=1S/C13H10N4O3.C6H14/c14-5-6-17-7-11(15-8-17)16-12(18)9-3-1-2-4-10(9)13(19)20;1-3-5-6-4-2/h1-4,7-8H,6H2,(H,16,18)(H,19,20);3-6H2,1-2H3. The van der Waals surface area contributed by atoms with E-state index in [0.29, 0.717) is 0 Å². The lowest BCUT2D eigenvalue weighted by Crippen LogP contribution is -2.16. The summed E-state index contributed by atoms with van der Waals surface area (Å²) in [7, 11) is 0. The molecule has 2 N–H and O–H groups in total. The highest BCUT2D eigenvalue weighted by molar-refractivity contribution is 6.10. The molecule has 1 amide bonds. The van der Waals surface area contributed by atoms with Gasteiger partial charge in [-0.25, -0.2) is 9.78 Å². The molecular weight excluding hydrogens is 332 g/mol. The number of nitrogens with one attached hydrogen (secondary N) is 1. The van der Waals surface area contributed by atoms with E-state index in [-0.39, 0.29) is 23.5 Å². The SMILES string of the molecule is CCCCCC.N#CCn1cnc(NC(=O)c2ccccc2C(=O)O)c1. The summed E-state index contributed by atoms with van der Waals surface area (Å²) in [4.78, 5) is 27.0. The van der Waals surface area contributed by atoms with Crippen LogP contribution in [-0.4, -0.2) is 26.5 Å². The lowest BCUT2D eigenvalue weighted by atomic mass is 10.1. The number of amides is 1. The van der Waals surface area contributed by atoms with E-state index in [0.717, 1.165) is 0 Å². The molecule has 0 aliphatic carbocycles. The van der Waals surface area contributed by atoms with E-state index in [1.807, 2.05) is 6.07 Å². The minimum absolute atomic E-state index is 0.0508. The number of carbonyl (C=O) groups excluding carboxylic acids is 1. The zero-order valence-electron chi connectivity index (χ0n) is 15.1. The average Bonchev–Trinajstić information content (AvgIpc) is 3.07. The van der Waals surface area contributed by atoms with Gasteiger partial charge >= 0.3 is 5.97 Å². The fraction of sp³-hybridized carbons (Fsp3) is 0.368. The van der Waals surface area contributed by atoms with Crippen LogP contribution < -0.4 is 5.32 Å². The lowest BCUT2D eigenvalue weighted by molar-refractivity contribution is 0.0692. The summed E-state index contributed by atoms with van der Waals surface area (Å²) >= 11 is 0. The Hall–Kier alpha value is -3.14. The van der Waals surface area contributed by atoms with Gasteiger partial charge in [0.25, 0.3) is 5.91 Å². The van der Waals surface area contributed by atoms with Gasteiger partial charge in [0.1, 0.15) is 6.54 Å². The molecule has 138 valence electrons. The third-order valence-electron chi connectivity index (χ3n) is 3.49. The highest BCUT2D eigenvalue weighted by Crippen LogP contribution is 2.12. The molecule has 0 fully saturated rings. The maximum Gasteiger partial charge on any atom is 0.336 e. The summed E-state index contributed by atoms with van der Waals surface area (Å²) in [5.74, 6) is -1.48. The van der Waals surface area contributed by atoms with Crippen molar-refractivity contribution >= 4 is 17.7 Å². The number of hydrogen-bond acceptors (Lipinski definition) is 4. The number of imidazole rings is 1. The van der Waals surface area contributed by atoms with Crippen molar-refractivity contribution in [1.82, 2.24) is 9.55 Å². The Morgan fingerprint density at radius 2 is 1.81 bits per heavy atom. The van der Waals surface area contributed by atoms with Crippen LogP contribution in [0.15, 0.2) is 36.8 Å². The van der Waals surface area contributed by atoms with Crippen LogP contribution in [-0.2, 0) is 6.54 Å². The fourth-order valence-corrected chi connectivity index (χ4v) is 2.14. The van der Waals surface area contributed by atoms with E-state index in [1.165, 1.54) is 54.9 Å². The van der Waals surface area contributed by atoms with Gasteiger partial charge in [0.2, 0.25) is 0 Å². The molecule has 0 saturated carbocycles. The first-order valence-electron chi connectivity index (χ1n) is 8.55. The van der Waals surface area contributed by atoms with Crippen LogP contribution in [0.3, 0.4) is 0 Å². The minimum atomic E-state index is -1.18. The average molecular weight is 356 g/mol. The molecule has 0 saturated heterocycles. The van der Waals surface area contributed by atoms with Crippen LogP contribution in [0.25, 0.3) is 0 Å². The van der Waals surface area contributed by atoms with Crippen molar-refractivity contribution in [3.63, 3.8) is 0 Å². The van der Waals surface area contributed by atoms with E-state index in [4.69, 9.17) is 10.4 Å². The van der Waals surface area contributed by atoms with Gasteiger partial charge in [-0.3, -0.25) is 4.79 Å². The van der Waals surface area contributed by atoms with Crippen molar-refractivity contribution in [3.8, 4) is 6.07 Å². The van der Waals surface area contributed by atoms with Crippen molar-refractivity contribution in [3.05, 3.63) is 47.9 Å². The summed E-state index contributed by atoms with van der Waals surface area (Å²) in [5.41, 5.74) is -0.0312. The molecule has 1 aromatic carbocycles. The molecule has 0 spiro atoms. The van der Waals surface area contributed by atoms with E-state index >= 15 is 0 Å². The number of aromatic carboxylic acids is 1. The fourth-order valence-electron chi connectivity index (χ4n) is 2.14. The maximum atomic E-state index is 12.0. The smallest absolute Gasteiger partial charge is 0.336 e. The minimum Gasteiger partial charge on any atom is -0.478 e. The maximum absolute atomic E-state index is 12.0. The van der Waals surface area contributed by atoms with Crippen LogP contribution >= 0.6 is 0 Å². The van der Waals surface area contributed by atoms with Crippen molar-refractivity contribution in [2.45, 2.75) is 46.1 Å². The second-order valence-electron chi connectivity index (χ2n) is 5.60. The molecule has 26 heavy (non-hydrogen) atoms. The Balaban J connectivity index is 0.000000487. The number of rotatable bonds is 7. The van der Waals surface area contributed by atoms with Crippen LogP contribution in [0.4, 0.5) is 5.82 Å². The second kappa shape index (κ2) is 11.4. The molecule has 7 heteroatoms. The van der Waals surface area contributed by atoms with Crippen molar-refractivity contribution in [2.75, 3.05) is 5.32 Å². The molecule has 0 radical (unpaired) electrons. The first-order chi connectivity index (χ1) is 12.5. The summed E-state index contributed by atoms with van der Waals surface area (Å²) in [6.07, 6.45) is 8.43. The first-order valence-corrected chi connectivity index (χ1v) is 8.55. The first kappa shape index (κ1) is 20.9. The highest BCUT2D eigenvalue weighted by Gasteiger charge is 2.16. The van der Waals surface area contributed by atoms with E-state index < -0.39 is 11.9 Å². The molecule has 1 heterocycles. The van der Waals surface area contributed by atoms with Gasteiger partial charge in [0, 0.05) is 6.20 Å². The zero-order chi connectivity index (χ0) is 19.4. The summed E-state index contributed by atoms with van der Waals surface area (Å²) in [5, 5.41) is 20.0. The normalized spacial score (nSPS) is 9.58. The largest absolute Gasteiger partial charge is 0.478 e. The predicted molar refractivity (Wildman–Crippen MR) is 99.0 cm³/mol. The quantitative estimate of drug-likeness (QED) is 0.730. The molecule has 1 aromatic heterocycles. The number of carboxylic acids is 1. The van der Waals surface area contributed by atoms with Crippen molar-refractivity contribution in [2.24, 2.45) is 0 Å².